The molecule has 4 nitrogen and oxygen atoms in total. The molecule has 0 saturated carbocycles. The fourth-order valence-corrected chi connectivity index (χ4v) is 10.2. The quantitative estimate of drug-likeness (QED) is 0.156. The monoisotopic (exact) mass is 876 g/mol. The van der Waals surface area contributed by atoms with E-state index in [1.165, 1.54) is 44.8 Å². The number of hydrogen-bond acceptors (Lipinski definition) is 1. The highest BCUT2D eigenvalue weighted by Crippen LogP contribution is 2.42. The van der Waals surface area contributed by atoms with Crippen LogP contribution in [0.1, 0.15) is 27.8 Å². The second kappa shape index (κ2) is 15.1. The van der Waals surface area contributed by atoms with Crippen LogP contribution in [0.25, 0.3) is 88.6 Å². The molecule has 0 N–H and O–H groups in total. The lowest BCUT2D eigenvalue weighted by Crippen LogP contribution is -2.10. The Morgan fingerprint density at radius 2 is 0.746 bits per heavy atom. The van der Waals surface area contributed by atoms with Gasteiger partial charge in [-0.2, -0.15) is 13.2 Å². The Kier molecular flexibility index (Phi) is 9.09. The Morgan fingerprint density at radius 3 is 1.16 bits per heavy atom. The maximum atomic E-state index is 14.0. The molecule has 0 saturated heterocycles. The number of para-hydroxylation sites is 1. The molecule has 0 fully saturated rings. The fraction of sp³-hybridized carbons (Fsp3) is 0.0667. The van der Waals surface area contributed by atoms with Gasteiger partial charge in [0, 0.05) is 66.4 Å². The van der Waals surface area contributed by atoms with Gasteiger partial charge in [0.2, 0.25) is 0 Å². The van der Waals surface area contributed by atoms with Crippen molar-refractivity contribution in [3.8, 4) is 17.1 Å². The highest BCUT2D eigenvalue weighted by molar-refractivity contribution is 6.12. The van der Waals surface area contributed by atoms with Crippen molar-refractivity contribution < 1.29 is 13.2 Å². The van der Waals surface area contributed by atoms with Gasteiger partial charge in [-0.15, -0.1) is 0 Å². The lowest BCUT2D eigenvalue weighted by molar-refractivity contribution is -0.137. The number of hydrogen-bond donors (Lipinski definition) is 0. The summed E-state index contributed by atoms with van der Waals surface area (Å²) in [5, 5.41) is 6.16. The largest absolute Gasteiger partial charge is 0.416 e. The zero-order valence-electron chi connectivity index (χ0n) is 37.1. The summed E-state index contributed by atoms with van der Waals surface area (Å²) in [6.07, 6.45) is -2.57. The molecule has 0 atom stereocenters. The van der Waals surface area contributed by atoms with Crippen LogP contribution in [-0.4, -0.2) is 13.7 Å². The summed E-state index contributed by atoms with van der Waals surface area (Å²) in [5.74, 6) is 0. The van der Waals surface area contributed by atoms with Gasteiger partial charge in [-0.3, -0.25) is 0 Å². The van der Waals surface area contributed by atoms with Crippen molar-refractivity contribution in [1.82, 2.24) is 13.7 Å². The molecule has 0 radical (unpaired) electrons. The Morgan fingerprint density at radius 1 is 0.388 bits per heavy atom. The molecule has 324 valence electrons. The van der Waals surface area contributed by atoms with Crippen molar-refractivity contribution in [2.24, 2.45) is 0 Å². The molecule has 0 aliphatic rings. The molecular weight excluding hydrogens is 834 g/mol. The first kappa shape index (κ1) is 40.2. The van der Waals surface area contributed by atoms with E-state index in [2.05, 4.69) is 191 Å². The summed E-state index contributed by atoms with van der Waals surface area (Å²) in [6, 6.07) is 64.0. The summed E-state index contributed by atoms with van der Waals surface area (Å²) in [4.78, 5) is 2.25. The van der Waals surface area contributed by atoms with Gasteiger partial charge in [-0.05, 0) is 172 Å². The van der Waals surface area contributed by atoms with E-state index in [0.717, 1.165) is 78.2 Å². The van der Waals surface area contributed by atoms with Crippen molar-refractivity contribution in [1.29, 1.82) is 0 Å². The van der Waals surface area contributed by atoms with Crippen LogP contribution in [0, 0.1) is 20.8 Å². The van der Waals surface area contributed by atoms with Crippen LogP contribution >= 0.6 is 0 Å². The minimum absolute atomic E-state index is 0.567. The first-order chi connectivity index (χ1) is 32.5. The third-order valence-corrected chi connectivity index (χ3v) is 13.4. The van der Waals surface area contributed by atoms with Gasteiger partial charge in [0.1, 0.15) is 0 Å². The van der Waals surface area contributed by atoms with Gasteiger partial charge in [-0.25, -0.2) is 0 Å². The first-order valence-electron chi connectivity index (χ1n) is 22.4. The lowest BCUT2D eigenvalue weighted by Gasteiger charge is -2.26. The minimum atomic E-state index is -4.45. The SMILES string of the molecule is C=Cc1ccc2c(c1)c1ccccc1n2-c1ccc(N(c2ccc(-n3c4ccc(C)cc4c4cc(C)ccc43)cc2)c2ccc(-n3c4ccc(C)cc4c4cc(C(F)(F)F)ccc43)cc2)cc1. The van der Waals surface area contributed by atoms with Crippen LogP contribution in [0.2, 0.25) is 0 Å². The van der Waals surface area contributed by atoms with Crippen LogP contribution in [0.4, 0.5) is 30.2 Å². The Hall–Kier alpha value is -8.29. The second-order valence-corrected chi connectivity index (χ2v) is 17.7. The van der Waals surface area contributed by atoms with Crippen LogP contribution in [0.15, 0.2) is 195 Å². The molecule has 0 aliphatic heterocycles. The zero-order valence-corrected chi connectivity index (χ0v) is 37.1. The van der Waals surface area contributed by atoms with E-state index in [-0.39, 0.29) is 0 Å². The zero-order chi connectivity index (χ0) is 45.7. The van der Waals surface area contributed by atoms with Crippen molar-refractivity contribution in [2.45, 2.75) is 26.9 Å². The summed E-state index contributed by atoms with van der Waals surface area (Å²) < 4.78 is 48.7. The molecule has 67 heavy (non-hydrogen) atoms. The number of alkyl halides is 3. The first-order valence-corrected chi connectivity index (χ1v) is 22.4. The minimum Gasteiger partial charge on any atom is -0.310 e. The Labute approximate surface area is 385 Å². The molecule has 0 unspecified atom stereocenters. The molecule has 0 bridgehead atoms. The van der Waals surface area contributed by atoms with E-state index in [9.17, 15) is 13.2 Å². The van der Waals surface area contributed by atoms with E-state index in [0.29, 0.717) is 10.9 Å². The standard InChI is InChI=1S/C60H43F3N4/c1-5-40-13-30-58-52(35-40)48-8-6-7-9-54(48)65(58)45-21-15-42(16-22-45)64(43-17-23-46(24-18-43)66-55-27-10-37(2)32-49(55)50-33-38(3)11-28-56(50)66)44-19-25-47(26-20-44)67-57-29-12-39(4)34-51(57)53-36-41(60(61,62)63)14-31-59(53)67/h5-36H,1H2,2-4H3. The number of nitrogens with zero attached hydrogens (tertiary/aromatic N) is 4. The number of aryl methyl sites for hydroxylation is 3. The van der Waals surface area contributed by atoms with E-state index >= 15 is 0 Å². The van der Waals surface area contributed by atoms with Gasteiger partial charge in [-0.1, -0.05) is 71.8 Å². The fourth-order valence-electron chi connectivity index (χ4n) is 10.2. The van der Waals surface area contributed by atoms with E-state index in [4.69, 9.17) is 0 Å². The van der Waals surface area contributed by atoms with Gasteiger partial charge >= 0.3 is 6.18 Å². The van der Waals surface area contributed by atoms with Crippen molar-refractivity contribution >= 4 is 88.6 Å². The molecule has 7 heteroatoms. The summed E-state index contributed by atoms with van der Waals surface area (Å²) in [5.41, 5.74) is 15.8. The molecule has 3 heterocycles. The lowest BCUT2D eigenvalue weighted by atomic mass is 10.1. The number of benzene rings is 9. The summed E-state index contributed by atoms with van der Waals surface area (Å²) >= 11 is 0. The van der Waals surface area contributed by atoms with Crippen LogP contribution in [-0.2, 0) is 6.18 Å². The topological polar surface area (TPSA) is 18.0 Å². The molecule has 12 aromatic rings. The van der Waals surface area contributed by atoms with E-state index in [1.54, 1.807) is 6.07 Å². The average Bonchev–Trinajstić information content (AvgIpc) is 3.96. The number of anilines is 3. The average molecular weight is 877 g/mol. The molecule has 3 aromatic heterocycles. The van der Waals surface area contributed by atoms with Gasteiger partial charge in [0.15, 0.2) is 0 Å². The maximum Gasteiger partial charge on any atom is 0.416 e. The number of halogens is 3. The highest BCUT2D eigenvalue weighted by atomic mass is 19.4. The van der Waals surface area contributed by atoms with E-state index in [1.807, 2.05) is 31.2 Å². The summed E-state index contributed by atoms with van der Waals surface area (Å²) in [7, 11) is 0. The number of fused-ring (bicyclic) bond motifs is 9. The van der Waals surface area contributed by atoms with Gasteiger partial charge in [0.25, 0.3) is 0 Å². The Balaban J connectivity index is 0.997. The predicted molar refractivity (Wildman–Crippen MR) is 273 cm³/mol. The smallest absolute Gasteiger partial charge is 0.310 e. The van der Waals surface area contributed by atoms with Gasteiger partial charge in [0.05, 0.1) is 38.7 Å². The Bertz CT molecular complexity index is 3880. The molecule has 9 aromatic carbocycles. The van der Waals surface area contributed by atoms with Crippen LogP contribution < -0.4 is 4.90 Å². The third kappa shape index (κ3) is 6.52. The van der Waals surface area contributed by atoms with E-state index < -0.39 is 11.7 Å². The summed E-state index contributed by atoms with van der Waals surface area (Å²) in [6.45, 7) is 10.3. The second-order valence-electron chi connectivity index (χ2n) is 17.7. The molecular formula is C60H43F3N4. The molecule has 0 amide bonds. The maximum absolute atomic E-state index is 14.0. The van der Waals surface area contributed by atoms with Crippen LogP contribution in [0.3, 0.4) is 0 Å². The van der Waals surface area contributed by atoms with Crippen molar-refractivity contribution in [2.75, 3.05) is 4.90 Å². The normalized spacial score (nSPS) is 12.1. The molecule has 12 rings (SSSR count). The number of aromatic nitrogens is 3. The van der Waals surface area contributed by atoms with Crippen molar-refractivity contribution in [3.05, 3.63) is 222 Å². The highest BCUT2D eigenvalue weighted by Gasteiger charge is 2.31. The molecule has 0 spiro atoms. The third-order valence-electron chi connectivity index (χ3n) is 13.4. The number of rotatable bonds is 7. The molecule has 0 aliphatic carbocycles. The van der Waals surface area contributed by atoms with Crippen molar-refractivity contribution in [3.63, 3.8) is 0 Å². The van der Waals surface area contributed by atoms with Gasteiger partial charge < -0.3 is 18.6 Å². The van der Waals surface area contributed by atoms with Crippen LogP contribution in [0.5, 0.6) is 0 Å². The predicted octanol–water partition coefficient (Wildman–Crippen LogP) is 17.0.